The number of halogens is 1. The first kappa shape index (κ1) is 115. The van der Waals surface area contributed by atoms with Crippen LogP contribution in [0.4, 0.5) is 0 Å². The number of nitrogens with zero attached hydrogens (tertiary/aromatic N) is 1. The molecular formula is C67H97ClN14Na4O25S4. The van der Waals surface area contributed by atoms with E-state index in [1.807, 2.05) is 0 Å². The predicted molar refractivity (Wildman–Crippen MR) is 396 cm³/mol. The first-order valence-corrected chi connectivity index (χ1v) is 40.3. The van der Waals surface area contributed by atoms with E-state index in [4.69, 9.17) is 36.9 Å². The zero-order valence-corrected chi connectivity index (χ0v) is 77.5. The molecule has 0 aliphatic carbocycles. The van der Waals surface area contributed by atoms with Gasteiger partial charge in [-0.1, -0.05) is 74.8 Å². The maximum atomic E-state index is 14.9. The van der Waals surface area contributed by atoms with E-state index in [1.165, 1.54) is 18.3 Å². The molecule has 0 spiro atoms. The van der Waals surface area contributed by atoms with Crippen molar-refractivity contribution in [1.29, 1.82) is 0 Å². The van der Waals surface area contributed by atoms with Crippen LogP contribution in [0.2, 0.25) is 5.02 Å². The second-order valence-corrected chi connectivity index (χ2v) is 30.0. The van der Waals surface area contributed by atoms with E-state index < -0.39 is 242 Å². The molecule has 0 radical (unpaired) electrons. The van der Waals surface area contributed by atoms with Crippen LogP contribution in [-0.2, 0) is 95.8 Å². The third kappa shape index (κ3) is 48.5. The van der Waals surface area contributed by atoms with Crippen molar-refractivity contribution in [3.05, 3.63) is 103 Å². The topological polar surface area (TPSA) is 614 Å². The molecule has 4 rings (SSSR count). The molecule has 48 heteroatoms. The summed E-state index contributed by atoms with van der Waals surface area (Å²) in [6.07, 6.45) is -5.48. The predicted octanol–water partition coefficient (Wildman–Crippen LogP) is -16.2. The molecule has 1 aromatic heterocycles. The Morgan fingerprint density at radius 3 is 1.69 bits per heavy atom. The van der Waals surface area contributed by atoms with Crippen LogP contribution >= 0.6 is 11.6 Å². The van der Waals surface area contributed by atoms with E-state index in [-0.39, 0.29) is 181 Å². The summed E-state index contributed by atoms with van der Waals surface area (Å²) in [6, 6.07) is 6.60. The van der Waals surface area contributed by atoms with Crippen molar-refractivity contribution in [1.82, 2.24) is 74.1 Å². The summed E-state index contributed by atoms with van der Waals surface area (Å²) in [5.41, 5.74) is 1.59. The fraction of sp³-hybridized carbons (Fsp3) is 0.552. The van der Waals surface area contributed by atoms with Gasteiger partial charge in [-0.15, -0.1) is 25.3 Å². The zero-order valence-electron chi connectivity index (χ0n) is 65.5. The van der Waals surface area contributed by atoms with Crippen LogP contribution in [0, 0.1) is 37.8 Å². The van der Waals surface area contributed by atoms with Crippen molar-refractivity contribution in [3.63, 3.8) is 0 Å². The van der Waals surface area contributed by atoms with Crippen LogP contribution in [0.1, 0.15) is 108 Å². The molecule has 0 saturated carbocycles. The summed E-state index contributed by atoms with van der Waals surface area (Å²) in [5.74, 6) is -16.5. The normalized spacial score (nSPS) is 19.3. The number of nitrogens with one attached hydrogen (secondary N) is 13. The van der Waals surface area contributed by atoms with Gasteiger partial charge in [0.1, 0.15) is 56.5 Å². The van der Waals surface area contributed by atoms with Crippen LogP contribution in [0.3, 0.4) is 0 Å². The van der Waals surface area contributed by atoms with Crippen LogP contribution in [0.25, 0.3) is 11.3 Å². The number of aromatic nitrogens is 1. The molecule has 2 heterocycles. The van der Waals surface area contributed by atoms with Gasteiger partial charge in [-0.3, -0.25) is 71.8 Å². The Balaban J connectivity index is -0.00000995. The summed E-state index contributed by atoms with van der Waals surface area (Å²) in [4.78, 5) is 164. The van der Waals surface area contributed by atoms with Crippen LogP contribution in [0.15, 0.2) is 72.9 Å². The Kier molecular flexibility index (Phi) is 60.6. The molecule has 1 aliphatic heterocycles. The van der Waals surface area contributed by atoms with Gasteiger partial charge in [0, 0.05) is 60.0 Å². The van der Waals surface area contributed by atoms with Crippen molar-refractivity contribution in [3.8, 4) is 11.3 Å². The number of rotatable bonds is 36. The summed E-state index contributed by atoms with van der Waals surface area (Å²) < 4.78 is 120. The SMILES string of the molecule is O=S(=O)=O.O=S(=O)=O.[CH2-]NCC[C@@H]1NC(=O)[C@@H](NC(=O)[C@H](CN[CH2-])CC(=O)[C@@H](NC(=O)[C@H](CCNCS(=O)(=O)[O-])CC(=O)c2ccnc(-c3cccc(Cl)c3)c2)[C@@H](C)O)CCNC(=O)[C@H]([C@@H](C)O)NC(=O)[C@H](CCNCS(=O)(=O)[O-])NC(=O)[C@H](CCNCC)NC(=O)[C@H](CC(C)C)CC(=O)[C@@H](Cc2ccccc2)NC1=O.[Na+].[Na+].[Na+].[Na+]. The molecule has 2 aromatic carbocycles. The first-order valence-electron chi connectivity index (χ1n) is 34.7. The van der Waals surface area contributed by atoms with Gasteiger partial charge in [-0.05, 0) is 134 Å². The van der Waals surface area contributed by atoms with E-state index in [0.717, 1.165) is 13.8 Å². The number of Topliss-reactive ketones (excluding diaryl/α,β-unsaturated/α-hetero) is 3. The molecule has 115 heavy (non-hydrogen) atoms. The fourth-order valence-corrected chi connectivity index (χ4v) is 12.1. The maximum absolute atomic E-state index is 14.9. The third-order valence-electron chi connectivity index (χ3n) is 16.5. The smallest absolute Gasteiger partial charge is 0.747 e. The molecule has 15 N–H and O–H groups in total. The second-order valence-electron chi connectivity index (χ2n) is 25.9. The Hall–Kier alpha value is -4.57. The molecule has 1 aliphatic rings. The number of benzene rings is 2. The maximum Gasteiger partial charge on any atom is 1.00 e. The van der Waals surface area contributed by atoms with Crippen molar-refractivity contribution >= 4 is 118 Å². The molecule has 12 atom stereocenters. The van der Waals surface area contributed by atoms with E-state index in [1.54, 1.807) is 75.4 Å². The van der Waals surface area contributed by atoms with Gasteiger partial charge in [0.2, 0.25) is 47.3 Å². The van der Waals surface area contributed by atoms with Gasteiger partial charge < -0.3 is 88.4 Å². The average Bonchev–Trinajstić information content (AvgIpc) is 1.14. The third-order valence-corrected chi connectivity index (χ3v) is 17.9. The van der Waals surface area contributed by atoms with E-state index in [0.29, 0.717) is 28.4 Å². The minimum Gasteiger partial charge on any atom is -0.747 e. The molecule has 3 aromatic rings. The number of carbonyl (C=O) groups excluding carboxylic acids is 11. The molecule has 0 bridgehead atoms. The number of amides is 8. The summed E-state index contributed by atoms with van der Waals surface area (Å²) >= 11 is 6.19. The number of ketones is 3. The van der Waals surface area contributed by atoms with Gasteiger partial charge in [0.15, 0.2) is 17.3 Å². The largest absolute Gasteiger partial charge is 1.00 e. The Bertz CT molecular complexity index is 4060. The van der Waals surface area contributed by atoms with E-state index >= 15 is 0 Å². The molecule has 620 valence electrons. The molecule has 1 saturated heterocycles. The molecule has 8 amide bonds. The monoisotopic (exact) mass is 1750 g/mol. The summed E-state index contributed by atoms with van der Waals surface area (Å²) in [6.45, 7) is 6.52. The Morgan fingerprint density at radius 1 is 0.635 bits per heavy atom. The van der Waals surface area contributed by atoms with Crippen LogP contribution < -0.4 is 187 Å². The Labute approximate surface area is 765 Å². The Morgan fingerprint density at radius 2 is 1.17 bits per heavy atom. The molecule has 39 nitrogen and oxygen atoms in total. The second kappa shape index (κ2) is 60.8. The zero-order chi connectivity index (χ0) is 83.7. The number of hydrogen-bond acceptors (Lipinski definition) is 31. The van der Waals surface area contributed by atoms with Crippen molar-refractivity contribution in [2.75, 3.05) is 57.6 Å². The van der Waals surface area contributed by atoms with Crippen LogP contribution in [-0.4, -0.2) is 243 Å². The van der Waals surface area contributed by atoms with E-state index in [9.17, 15) is 88.9 Å². The summed E-state index contributed by atoms with van der Waals surface area (Å²) in [7, 11) is -8.63. The first-order chi connectivity index (χ1) is 52.1. The number of aliphatic hydroxyl groups excluding tert-OH is 2. The quantitative estimate of drug-likeness (QED) is 0.00845. The van der Waals surface area contributed by atoms with Crippen molar-refractivity contribution < 1.29 is 232 Å². The number of pyridine rings is 1. The van der Waals surface area contributed by atoms with Crippen molar-refractivity contribution in [2.24, 2.45) is 23.7 Å². The van der Waals surface area contributed by atoms with E-state index in [2.05, 4.69) is 88.2 Å². The molecular weight excluding hydrogens is 1660 g/mol. The average molecular weight is 1750 g/mol. The molecule has 0 unspecified atom stereocenters. The van der Waals surface area contributed by atoms with Gasteiger partial charge in [0.25, 0.3) is 0 Å². The fourth-order valence-electron chi connectivity index (χ4n) is 11.1. The van der Waals surface area contributed by atoms with Crippen LogP contribution in [0.5, 0.6) is 0 Å². The molecule has 1 fully saturated rings. The van der Waals surface area contributed by atoms with Gasteiger partial charge in [-0.25, -0.2) is 16.8 Å². The van der Waals surface area contributed by atoms with Gasteiger partial charge in [0.05, 0.1) is 41.6 Å². The minimum absolute atomic E-state index is 0. The minimum atomic E-state index is -4.83. The summed E-state index contributed by atoms with van der Waals surface area (Å²) in [5, 5.41) is 56.0. The number of carbonyl (C=O) groups is 11. The standard InChI is InChI=1S/C67H99ClN14O19S2.4Na.2O3S/c1-8-71-25-20-50-63(91)79-51(21-26-73-38-103(99,100)101)66(94)82-59(41(5)84)67(95)75-28-22-52(64(92)78-49(19-23-69-6)65(93)80-54(30-42-13-10-9-11-14-42)56(86)34-46(29-39(2)3)61(89)76-50)77-62(90)47(36-70-7)35-57(87)58(40(4)83)81-60(88)45(17-24-72-37-102(96,97)98)33-55(85)44-18-27-74-53(32-44)43-15-12-16-48(68)31-43;;;;;2*1-4(2)3/h9-16,18,27,31-32,39-41,45-47,49-52,54,58-59,69-73,83-84H,6-8,17,19-26,28-30,33-38H2,1-5H3,(H,75,95)(H,76,89)(H,77,90)(H,78,92)(H,79,91)(H,80,93)(H,81,88)(H,82,94)(H,96,97,98)(H,99,100,101);;;;;;/q-2;4*+1;;/p-2/t40-,41-,45-,46-,47+,49+,50+,51+,52+,54-,58+,59+;;;;;;/m1....../s1. The van der Waals surface area contributed by atoms with Gasteiger partial charge >= 0.3 is 139 Å². The van der Waals surface area contributed by atoms with Crippen molar-refractivity contribution in [2.45, 2.75) is 153 Å². The number of aliphatic hydroxyl groups is 2. The van der Waals surface area contributed by atoms with Gasteiger partial charge in [-0.2, -0.15) is 0 Å². The number of hydrogen-bond donors (Lipinski definition) is 15.